The molecular formula is C16H23NO3. The second-order valence-corrected chi connectivity index (χ2v) is 6.16. The molecule has 0 radical (unpaired) electrons. The molecule has 0 aliphatic carbocycles. The Hall–Kier alpha value is -1.10. The number of fused-ring (bicyclic) bond motifs is 1. The van der Waals surface area contributed by atoms with Gasteiger partial charge in [0.1, 0.15) is 17.5 Å². The average molecular weight is 277 g/mol. The lowest BCUT2D eigenvalue weighted by Gasteiger charge is -2.30. The summed E-state index contributed by atoms with van der Waals surface area (Å²) in [5.41, 5.74) is 2.42. The summed E-state index contributed by atoms with van der Waals surface area (Å²) in [6.45, 7) is 6.26. The van der Waals surface area contributed by atoms with Gasteiger partial charge in [-0.1, -0.05) is 12.1 Å². The van der Waals surface area contributed by atoms with Gasteiger partial charge in [-0.05, 0) is 38.1 Å². The molecule has 20 heavy (non-hydrogen) atoms. The fourth-order valence-corrected chi connectivity index (χ4v) is 3.09. The smallest absolute Gasteiger partial charge is 0.123 e. The summed E-state index contributed by atoms with van der Waals surface area (Å²) < 4.78 is 17.3. The zero-order valence-corrected chi connectivity index (χ0v) is 12.4. The van der Waals surface area contributed by atoms with E-state index in [9.17, 15) is 0 Å². The van der Waals surface area contributed by atoms with Gasteiger partial charge in [0.15, 0.2) is 0 Å². The molecule has 4 heteroatoms. The van der Waals surface area contributed by atoms with Gasteiger partial charge < -0.3 is 19.5 Å². The minimum atomic E-state index is -0.0967. The van der Waals surface area contributed by atoms with Crippen molar-refractivity contribution in [2.45, 2.75) is 38.0 Å². The van der Waals surface area contributed by atoms with Gasteiger partial charge in [0.25, 0.3) is 0 Å². The van der Waals surface area contributed by atoms with Crippen LogP contribution in [0.5, 0.6) is 5.75 Å². The van der Waals surface area contributed by atoms with Crippen LogP contribution in [-0.4, -0.2) is 38.6 Å². The average Bonchev–Trinajstić information content (AvgIpc) is 2.74. The third kappa shape index (κ3) is 2.68. The molecule has 4 nitrogen and oxygen atoms in total. The molecule has 0 bridgehead atoms. The minimum Gasteiger partial charge on any atom is -0.487 e. The van der Waals surface area contributed by atoms with E-state index in [2.05, 4.69) is 37.4 Å². The Kier molecular flexibility index (Phi) is 3.71. The molecule has 3 rings (SSSR count). The highest BCUT2D eigenvalue weighted by molar-refractivity contribution is 5.43. The molecule has 1 saturated heterocycles. The number of hydrogen-bond acceptors (Lipinski definition) is 4. The molecule has 0 amide bonds. The highest BCUT2D eigenvalue weighted by Gasteiger charge is 2.32. The van der Waals surface area contributed by atoms with E-state index in [4.69, 9.17) is 14.2 Å². The summed E-state index contributed by atoms with van der Waals surface area (Å²) in [6.07, 6.45) is 1.02. The Labute approximate surface area is 120 Å². The molecule has 1 aromatic rings. The number of hydrogen-bond donors (Lipinski definition) is 1. The van der Waals surface area contributed by atoms with Crippen LogP contribution in [0.15, 0.2) is 18.2 Å². The van der Waals surface area contributed by atoms with Gasteiger partial charge in [-0.2, -0.15) is 0 Å². The molecule has 0 spiro atoms. The van der Waals surface area contributed by atoms with Crippen molar-refractivity contribution in [1.29, 1.82) is 0 Å². The van der Waals surface area contributed by atoms with Crippen LogP contribution < -0.4 is 10.1 Å². The summed E-state index contributed by atoms with van der Waals surface area (Å²) in [5, 5.41) is 3.35. The second-order valence-electron chi connectivity index (χ2n) is 6.16. The zero-order valence-electron chi connectivity index (χ0n) is 12.4. The number of ether oxygens (including phenoxy) is 3. The van der Waals surface area contributed by atoms with Gasteiger partial charge in [0, 0.05) is 6.42 Å². The monoisotopic (exact) mass is 277 g/mol. The Morgan fingerprint density at radius 3 is 2.85 bits per heavy atom. The van der Waals surface area contributed by atoms with E-state index >= 15 is 0 Å². The first kappa shape index (κ1) is 13.9. The first-order valence-corrected chi connectivity index (χ1v) is 7.27. The molecule has 110 valence electrons. The fraction of sp³-hybridized carbons (Fsp3) is 0.625. The van der Waals surface area contributed by atoms with Gasteiger partial charge >= 0.3 is 0 Å². The van der Waals surface area contributed by atoms with Crippen LogP contribution in [0.1, 0.15) is 31.0 Å². The third-order valence-electron chi connectivity index (χ3n) is 3.97. The Morgan fingerprint density at radius 1 is 1.30 bits per heavy atom. The number of likely N-dealkylation sites (N-methyl/N-ethyl adjacent to an activating group) is 1. The standard InChI is InChI=1S/C16H23NO3/c1-16(2)9-12-8-11(4-5-13(12)20-16)15(17-3)14-10-18-6-7-19-14/h4-5,8,14-15,17H,6-7,9-10H2,1-3H3. The van der Waals surface area contributed by atoms with E-state index in [1.54, 1.807) is 0 Å². The molecule has 1 N–H and O–H groups in total. The molecule has 1 aromatic carbocycles. The lowest BCUT2D eigenvalue weighted by atomic mass is 9.95. The van der Waals surface area contributed by atoms with Crippen molar-refractivity contribution in [2.24, 2.45) is 0 Å². The Balaban J connectivity index is 1.83. The van der Waals surface area contributed by atoms with E-state index < -0.39 is 0 Å². The van der Waals surface area contributed by atoms with Crippen molar-refractivity contribution in [3.63, 3.8) is 0 Å². The Bertz CT molecular complexity index is 481. The lowest BCUT2D eigenvalue weighted by Crippen LogP contribution is -2.39. The first-order chi connectivity index (χ1) is 9.59. The summed E-state index contributed by atoms with van der Waals surface area (Å²) in [5.74, 6) is 1.01. The van der Waals surface area contributed by atoms with Gasteiger partial charge in [0.2, 0.25) is 0 Å². The summed E-state index contributed by atoms with van der Waals surface area (Å²) in [6, 6.07) is 6.60. The molecule has 0 aromatic heterocycles. The fourth-order valence-electron chi connectivity index (χ4n) is 3.09. The van der Waals surface area contributed by atoms with E-state index in [1.165, 1.54) is 11.1 Å². The highest BCUT2D eigenvalue weighted by Crippen LogP contribution is 2.36. The van der Waals surface area contributed by atoms with E-state index in [0.29, 0.717) is 19.8 Å². The van der Waals surface area contributed by atoms with Crippen LogP contribution >= 0.6 is 0 Å². The van der Waals surface area contributed by atoms with Crippen molar-refractivity contribution in [2.75, 3.05) is 26.9 Å². The van der Waals surface area contributed by atoms with Crippen LogP contribution in [0.3, 0.4) is 0 Å². The molecular weight excluding hydrogens is 254 g/mol. The second kappa shape index (κ2) is 5.35. The summed E-state index contributed by atoms with van der Waals surface area (Å²) in [4.78, 5) is 0. The number of benzene rings is 1. The highest BCUT2D eigenvalue weighted by atomic mass is 16.6. The largest absolute Gasteiger partial charge is 0.487 e. The van der Waals surface area contributed by atoms with Gasteiger partial charge in [0.05, 0.1) is 25.9 Å². The molecule has 2 unspecified atom stereocenters. The third-order valence-corrected chi connectivity index (χ3v) is 3.97. The van der Waals surface area contributed by atoms with Crippen molar-refractivity contribution >= 4 is 0 Å². The first-order valence-electron chi connectivity index (χ1n) is 7.27. The zero-order chi connectivity index (χ0) is 14.2. The SMILES string of the molecule is CNC(c1ccc2c(c1)CC(C)(C)O2)C1COCCO1. The van der Waals surface area contributed by atoms with Crippen LogP contribution in [0.2, 0.25) is 0 Å². The van der Waals surface area contributed by atoms with Gasteiger partial charge in [-0.15, -0.1) is 0 Å². The molecule has 1 fully saturated rings. The molecule has 2 aliphatic heterocycles. The van der Waals surface area contributed by atoms with Crippen LogP contribution in [0.25, 0.3) is 0 Å². The maximum Gasteiger partial charge on any atom is 0.123 e. The summed E-state index contributed by atoms with van der Waals surface area (Å²) >= 11 is 0. The van der Waals surface area contributed by atoms with Crippen LogP contribution in [0, 0.1) is 0 Å². The quantitative estimate of drug-likeness (QED) is 0.918. The maximum atomic E-state index is 5.93. The number of nitrogens with one attached hydrogen (secondary N) is 1. The Morgan fingerprint density at radius 2 is 2.15 bits per heavy atom. The van der Waals surface area contributed by atoms with Gasteiger partial charge in [-0.3, -0.25) is 0 Å². The van der Waals surface area contributed by atoms with Crippen molar-refractivity contribution in [3.8, 4) is 5.75 Å². The van der Waals surface area contributed by atoms with Crippen molar-refractivity contribution in [3.05, 3.63) is 29.3 Å². The van der Waals surface area contributed by atoms with E-state index in [0.717, 1.165) is 12.2 Å². The van der Waals surface area contributed by atoms with Crippen LogP contribution in [-0.2, 0) is 15.9 Å². The lowest BCUT2D eigenvalue weighted by molar-refractivity contribution is -0.101. The van der Waals surface area contributed by atoms with Crippen LogP contribution in [0.4, 0.5) is 0 Å². The number of rotatable bonds is 3. The summed E-state index contributed by atoms with van der Waals surface area (Å²) in [7, 11) is 1.97. The predicted molar refractivity (Wildman–Crippen MR) is 77.2 cm³/mol. The normalized spacial score (nSPS) is 25.9. The predicted octanol–water partition coefficient (Wildman–Crippen LogP) is 2.08. The van der Waals surface area contributed by atoms with Crippen molar-refractivity contribution < 1.29 is 14.2 Å². The van der Waals surface area contributed by atoms with E-state index in [1.807, 2.05) is 7.05 Å². The van der Waals surface area contributed by atoms with Crippen molar-refractivity contribution in [1.82, 2.24) is 5.32 Å². The topological polar surface area (TPSA) is 39.7 Å². The van der Waals surface area contributed by atoms with E-state index in [-0.39, 0.29) is 17.7 Å². The molecule has 2 heterocycles. The minimum absolute atomic E-state index is 0.0714. The maximum absolute atomic E-state index is 5.93. The van der Waals surface area contributed by atoms with Gasteiger partial charge in [-0.25, -0.2) is 0 Å². The molecule has 2 atom stereocenters. The molecule has 2 aliphatic rings. The molecule has 0 saturated carbocycles.